The maximum absolute atomic E-state index is 13.4. The fourth-order valence-electron chi connectivity index (χ4n) is 3.97. The van der Waals surface area contributed by atoms with E-state index < -0.39 is 0 Å². The molecular weight excluding hydrogens is 354 g/mol. The number of ether oxygens (including phenoxy) is 2. The van der Waals surface area contributed by atoms with Crippen LogP contribution >= 0.6 is 0 Å². The minimum absolute atomic E-state index is 0.00951. The van der Waals surface area contributed by atoms with Crippen molar-refractivity contribution in [2.45, 2.75) is 26.6 Å². The van der Waals surface area contributed by atoms with Gasteiger partial charge in [-0.05, 0) is 49.7 Å². The van der Waals surface area contributed by atoms with Crippen LogP contribution in [0, 0.1) is 13.8 Å². The summed E-state index contributed by atoms with van der Waals surface area (Å²) in [6, 6.07) is 15.6. The predicted molar refractivity (Wildman–Crippen MR) is 106 cm³/mol. The molecule has 3 aromatic rings. The smallest absolute Gasteiger partial charge is 0.258 e. The van der Waals surface area contributed by atoms with Crippen molar-refractivity contribution in [3.05, 3.63) is 76.6 Å². The molecule has 2 aliphatic heterocycles. The zero-order chi connectivity index (χ0) is 19.3. The van der Waals surface area contributed by atoms with E-state index in [1.165, 1.54) is 0 Å². The molecule has 0 aliphatic carbocycles. The van der Waals surface area contributed by atoms with Crippen molar-refractivity contribution in [3.63, 3.8) is 0 Å². The van der Waals surface area contributed by atoms with Crippen molar-refractivity contribution in [2.75, 3.05) is 12.1 Å². The van der Waals surface area contributed by atoms with Gasteiger partial charge in [-0.2, -0.15) is 0 Å². The van der Waals surface area contributed by atoms with Crippen LogP contribution in [0.25, 0.3) is 0 Å². The number of rotatable bonds is 3. The second kappa shape index (κ2) is 6.34. The number of nitrogens with zero attached hydrogens (tertiary/aromatic N) is 1. The molecule has 2 aliphatic rings. The van der Waals surface area contributed by atoms with Crippen LogP contribution in [-0.2, 0) is 6.54 Å². The molecule has 6 nitrogen and oxygen atoms in total. The summed E-state index contributed by atoms with van der Waals surface area (Å²) in [5.74, 6) is 1.47. The van der Waals surface area contributed by atoms with Crippen molar-refractivity contribution in [1.82, 2.24) is 9.88 Å². The third-order valence-electron chi connectivity index (χ3n) is 5.30. The van der Waals surface area contributed by atoms with Crippen LogP contribution in [-0.4, -0.2) is 22.6 Å². The fraction of sp³-hybridized carbons (Fsp3) is 0.227. The van der Waals surface area contributed by atoms with Gasteiger partial charge in [0.15, 0.2) is 11.5 Å². The van der Waals surface area contributed by atoms with Gasteiger partial charge in [0.05, 0.1) is 5.56 Å². The number of aromatic amines is 1. The Morgan fingerprint density at radius 3 is 2.71 bits per heavy atom. The van der Waals surface area contributed by atoms with Crippen LogP contribution in [0.2, 0.25) is 0 Å². The zero-order valence-corrected chi connectivity index (χ0v) is 15.8. The maximum Gasteiger partial charge on any atom is 0.258 e. The van der Waals surface area contributed by atoms with Gasteiger partial charge in [-0.25, -0.2) is 0 Å². The standard InChI is InChI=1S/C22H21N3O3/c1-13-9-17(14(2)23-13)21-24-18-6-4-3-5-16(18)22(26)25(21)11-15-7-8-19-20(10-15)28-12-27-19/h3-10,21,23-24H,11-12H2,1-2H3. The number of hydrogen-bond donors (Lipinski definition) is 2. The number of aromatic nitrogens is 1. The molecule has 0 bridgehead atoms. The molecular formula is C22H21N3O3. The van der Waals surface area contributed by atoms with E-state index in [0.717, 1.165) is 39.7 Å². The van der Waals surface area contributed by atoms with E-state index in [1.807, 2.05) is 61.2 Å². The molecule has 0 saturated heterocycles. The molecule has 28 heavy (non-hydrogen) atoms. The summed E-state index contributed by atoms with van der Waals surface area (Å²) in [6.45, 7) is 4.76. The van der Waals surface area contributed by atoms with E-state index in [1.54, 1.807) is 0 Å². The minimum atomic E-state index is -0.252. The van der Waals surface area contributed by atoms with Crippen LogP contribution in [0.4, 0.5) is 5.69 Å². The average Bonchev–Trinajstić information content (AvgIpc) is 3.29. The molecule has 2 aromatic carbocycles. The summed E-state index contributed by atoms with van der Waals surface area (Å²) < 4.78 is 10.9. The number of amides is 1. The Hall–Kier alpha value is -3.41. The lowest BCUT2D eigenvalue weighted by molar-refractivity contribution is 0.0666. The topological polar surface area (TPSA) is 66.6 Å². The predicted octanol–water partition coefficient (Wildman–Crippen LogP) is 4.13. The van der Waals surface area contributed by atoms with Gasteiger partial charge < -0.3 is 24.7 Å². The summed E-state index contributed by atoms with van der Waals surface area (Å²) in [7, 11) is 0. The van der Waals surface area contributed by atoms with E-state index in [0.29, 0.717) is 12.1 Å². The van der Waals surface area contributed by atoms with Crippen LogP contribution in [0.1, 0.15) is 39.0 Å². The lowest BCUT2D eigenvalue weighted by atomic mass is 10.0. The SMILES string of the molecule is Cc1cc(C2Nc3ccccc3C(=O)N2Cc2ccc3c(c2)OCO3)c(C)[nH]1. The summed E-state index contributed by atoms with van der Waals surface area (Å²) in [4.78, 5) is 18.6. The molecule has 0 saturated carbocycles. The number of fused-ring (bicyclic) bond motifs is 2. The van der Waals surface area contributed by atoms with Gasteiger partial charge in [0, 0.05) is 29.2 Å². The van der Waals surface area contributed by atoms with E-state index in [4.69, 9.17) is 9.47 Å². The Kier molecular flexibility index (Phi) is 3.79. The molecule has 2 N–H and O–H groups in total. The lowest BCUT2D eigenvalue weighted by Crippen LogP contribution is -2.42. The molecule has 142 valence electrons. The normalized spacial score (nSPS) is 17.4. The Balaban J connectivity index is 1.55. The molecule has 0 spiro atoms. The van der Waals surface area contributed by atoms with E-state index in [2.05, 4.69) is 16.4 Å². The highest BCUT2D eigenvalue weighted by Crippen LogP contribution is 2.37. The first-order chi connectivity index (χ1) is 13.6. The second-order valence-corrected chi connectivity index (χ2v) is 7.25. The largest absolute Gasteiger partial charge is 0.454 e. The van der Waals surface area contributed by atoms with E-state index in [-0.39, 0.29) is 18.9 Å². The van der Waals surface area contributed by atoms with Crippen LogP contribution < -0.4 is 14.8 Å². The molecule has 1 unspecified atom stereocenters. The van der Waals surface area contributed by atoms with Crippen LogP contribution in [0.5, 0.6) is 11.5 Å². The molecule has 1 amide bonds. The van der Waals surface area contributed by atoms with Crippen molar-refractivity contribution in [1.29, 1.82) is 0 Å². The fourth-order valence-corrected chi connectivity index (χ4v) is 3.97. The number of carbonyl (C=O) groups excluding carboxylic acids is 1. The first-order valence-corrected chi connectivity index (χ1v) is 9.31. The highest BCUT2D eigenvalue weighted by atomic mass is 16.7. The highest BCUT2D eigenvalue weighted by molar-refractivity contribution is 6.01. The Morgan fingerprint density at radius 2 is 1.89 bits per heavy atom. The molecule has 1 aromatic heterocycles. The molecule has 0 fully saturated rings. The number of carbonyl (C=O) groups is 1. The lowest BCUT2D eigenvalue weighted by Gasteiger charge is -2.38. The second-order valence-electron chi connectivity index (χ2n) is 7.25. The first kappa shape index (κ1) is 16.7. The van der Waals surface area contributed by atoms with Crippen molar-refractivity contribution < 1.29 is 14.3 Å². The summed E-state index contributed by atoms with van der Waals surface area (Å²) in [6.07, 6.45) is -0.252. The van der Waals surface area contributed by atoms with Gasteiger partial charge in [-0.15, -0.1) is 0 Å². The van der Waals surface area contributed by atoms with Crippen molar-refractivity contribution >= 4 is 11.6 Å². The Morgan fingerprint density at radius 1 is 1.07 bits per heavy atom. The average molecular weight is 375 g/mol. The van der Waals surface area contributed by atoms with Crippen LogP contribution in [0.15, 0.2) is 48.5 Å². The van der Waals surface area contributed by atoms with Gasteiger partial charge in [-0.1, -0.05) is 18.2 Å². The summed E-state index contributed by atoms with van der Waals surface area (Å²) in [5.41, 5.74) is 5.73. The number of benzene rings is 2. The number of hydrogen-bond acceptors (Lipinski definition) is 4. The van der Waals surface area contributed by atoms with Gasteiger partial charge >= 0.3 is 0 Å². The molecule has 6 heteroatoms. The third kappa shape index (κ3) is 2.69. The zero-order valence-electron chi connectivity index (χ0n) is 15.8. The molecule has 3 heterocycles. The number of aryl methyl sites for hydroxylation is 2. The maximum atomic E-state index is 13.4. The quantitative estimate of drug-likeness (QED) is 0.722. The van der Waals surface area contributed by atoms with Gasteiger partial charge in [0.25, 0.3) is 5.91 Å². The number of anilines is 1. The number of nitrogens with one attached hydrogen (secondary N) is 2. The van der Waals surface area contributed by atoms with E-state index in [9.17, 15) is 4.79 Å². The summed E-state index contributed by atoms with van der Waals surface area (Å²) in [5, 5.41) is 3.55. The van der Waals surface area contributed by atoms with Crippen molar-refractivity contribution in [3.8, 4) is 11.5 Å². The third-order valence-corrected chi connectivity index (χ3v) is 5.30. The molecule has 1 atom stereocenters. The van der Waals surface area contributed by atoms with Gasteiger partial charge in [0.2, 0.25) is 6.79 Å². The molecule has 0 radical (unpaired) electrons. The minimum Gasteiger partial charge on any atom is -0.454 e. The van der Waals surface area contributed by atoms with Gasteiger partial charge in [-0.3, -0.25) is 4.79 Å². The number of H-pyrrole nitrogens is 1. The summed E-state index contributed by atoms with van der Waals surface area (Å²) >= 11 is 0. The van der Waals surface area contributed by atoms with Crippen molar-refractivity contribution in [2.24, 2.45) is 0 Å². The highest BCUT2D eigenvalue weighted by Gasteiger charge is 2.34. The Labute approximate surface area is 163 Å². The first-order valence-electron chi connectivity index (χ1n) is 9.31. The monoisotopic (exact) mass is 375 g/mol. The van der Waals surface area contributed by atoms with E-state index >= 15 is 0 Å². The van der Waals surface area contributed by atoms with Gasteiger partial charge in [0.1, 0.15) is 6.17 Å². The molecule has 5 rings (SSSR count). The van der Waals surface area contributed by atoms with Crippen LogP contribution in [0.3, 0.4) is 0 Å². The number of para-hydroxylation sites is 1. The Bertz CT molecular complexity index is 1070.